The van der Waals surface area contributed by atoms with Gasteiger partial charge in [0.05, 0.1) is 5.83 Å². The number of allylic oxidation sites excluding steroid dienone is 1. The van der Waals surface area contributed by atoms with Crippen molar-refractivity contribution in [2.24, 2.45) is 0 Å². The first kappa shape index (κ1) is 9.58. The van der Waals surface area contributed by atoms with Gasteiger partial charge in [0.2, 0.25) is 12.3 Å². The summed E-state index contributed by atoms with van der Waals surface area (Å²) in [6.07, 6.45) is 2.73. The standard InChI is InChI=1S/C11H9FN2O/c1-8(12)6-9-2-4-10(5-3-9)11-14-13-7-15-11/h2-7H,1H3/b8-6-. The van der Waals surface area contributed by atoms with E-state index < -0.39 is 0 Å². The van der Waals surface area contributed by atoms with Crippen molar-refractivity contribution in [3.63, 3.8) is 0 Å². The van der Waals surface area contributed by atoms with Crippen LogP contribution in [0.1, 0.15) is 12.5 Å². The summed E-state index contributed by atoms with van der Waals surface area (Å²) in [6.45, 7) is 1.41. The third-order valence-corrected chi connectivity index (χ3v) is 1.88. The summed E-state index contributed by atoms with van der Waals surface area (Å²) in [6, 6.07) is 7.20. The van der Waals surface area contributed by atoms with E-state index in [1.165, 1.54) is 19.4 Å². The second-order valence-corrected chi connectivity index (χ2v) is 3.10. The summed E-state index contributed by atoms with van der Waals surface area (Å²) in [5.74, 6) is 0.239. The van der Waals surface area contributed by atoms with Crippen LogP contribution in [0.3, 0.4) is 0 Å². The van der Waals surface area contributed by atoms with E-state index in [-0.39, 0.29) is 5.83 Å². The zero-order valence-corrected chi connectivity index (χ0v) is 8.14. The van der Waals surface area contributed by atoms with E-state index in [0.717, 1.165) is 11.1 Å². The van der Waals surface area contributed by atoms with E-state index in [1.807, 2.05) is 12.1 Å². The van der Waals surface area contributed by atoms with Crippen molar-refractivity contribution in [2.45, 2.75) is 6.92 Å². The number of nitrogens with zero attached hydrogens (tertiary/aromatic N) is 2. The maximum Gasteiger partial charge on any atom is 0.247 e. The number of hydrogen-bond donors (Lipinski definition) is 0. The zero-order valence-electron chi connectivity index (χ0n) is 8.14. The zero-order chi connectivity index (χ0) is 10.7. The highest BCUT2D eigenvalue weighted by atomic mass is 19.1. The fourth-order valence-corrected chi connectivity index (χ4v) is 1.25. The fourth-order valence-electron chi connectivity index (χ4n) is 1.25. The molecule has 0 aliphatic rings. The number of rotatable bonds is 2. The molecule has 0 atom stereocenters. The fraction of sp³-hybridized carbons (Fsp3) is 0.0909. The van der Waals surface area contributed by atoms with Crippen molar-refractivity contribution >= 4 is 6.08 Å². The van der Waals surface area contributed by atoms with Crippen LogP contribution < -0.4 is 0 Å². The van der Waals surface area contributed by atoms with Crippen LogP contribution in [0.25, 0.3) is 17.5 Å². The molecule has 76 valence electrons. The Labute approximate surface area is 86.3 Å². The Morgan fingerprint density at radius 2 is 2.07 bits per heavy atom. The molecule has 0 amide bonds. The van der Waals surface area contributed by atoms with Gasteiger partial charge in [0.15, 0.2) is 0 Å². The molecule has 0 saturated carbocycles. The quantitative estimate of drug-likeness (QED) is 0.754. The first-order valence-electron chi connectivity index (χ1n) is 4.46. The van der Waals surface area contributed by atoms with Crippen LogP contribution in [0.2, 0.25) is 0 Å². The Morgan fingerprint density at radius 1 is 1.33 bits per heavy atom. The van der Waals surface area contributed by atoms with Crippen molar-refractivity contribution in [2.75, 3.05) is 0 Å². The van der Waals surface area contributed by atoms with Crippen LogP contribution in [0.5, 0.6) is 0 Å². The molecule has 0 unspecified atom stereocenters. The minimum atomic E-state index is -0.222. The average molecular weight is 204 g/mol. The summed E-state index contributed by atoms with van der Waals surface area (Å²) >= 11 is 0. The van der Waals surface area contributed by atoms with Crippen molar-refractivity contribution in [1.29, 1.82) is 0 Å². The maximum atomic E-state index is 12.6. The van der Waals surface area contributed by atoms with Gasteiger partial charge in [-0.25, -0.2) is 4.39 Å². The topological polar surface area (TPSA) is 38.9 Å². The van der Waals surface area contributed by atoms with Crippen LogP contribution in [-0.4, -0.2) is 10.2 Å². The van der Waals surface area contributed by atoms with Crippen LogP contribution in [0.4, 0.5) is 4.39 Å². The monoisotopic (exact) mass is 204 g/mol. The molecule has 2 aromatic rings. The molecule has 1 aromatic carbocycles. The van der Waals surface area contributed by atoms with E-state index in [1.54, 1.807) is 12.1 Å². The predicted octanol–water partition coefficient (Wildman–Crippen LogP) is 3.07. The second kappa shape index (κ2) is 4.04. The SMILES string of the molecule is C/C(F)=C/c1ccc(-c2nnco2)cc1. The minimum absolute atomic E-state index is 0.222. The molecule has 0 saturated heterocycles. The average Bonchev–Trinajstić information content (AvgIpc) is 2.71. The molecule has 0 N–H and O–H groups in total. The van der Waals surface area contributed by atoms with E-state index in [9.17, 15) is 4.39 Å². The van der Waals surface area contributed by atoms with E-state index in [0.29, 0.717) is 5.89 Å². The maximum absolute atomic E-state index is 12.6. The van der Waals surface area contributed by atoms with Crippen LogP contribution in [0, 0.1) is 0 Å². The van der Waals surface area contributed by atoms with Gasteiger partial charge in [-0.1, -0.05) is 12.1 Å². The highest BCUT2D eigenvalue weighted by molar-refractivity contribution is 5.58. The first-order chi connectivity index (χ1) is 7.25. The van der Waals surface area contributed by atoms with Gasteiger partial charge in [-0.2, -0.15) is 0 Å². The third-order valence-electron chi connectivity index (χ3n) is 1.88. The van der Waals surface area contributed by atoms with Crippen molar-refractivity contribution in [3.05, 3.63) is 42.0 Å². The molecular formula is C11H9FN2O. The van der Waals surface area contributed by atoms with Crippen molar-refractivity contribution in [3.8, 4) is 11.5 Å². The molecule has 1 aromatic heterocycles. The minimum Gasteiger partial charge on any atom is -0.423 e. The molecule has 4 heteroatoms. The van der Waals surface area contributed by atoms with Gasteiger partial charge in [0.25, 0.3) is 0 Å². The Bertz CT molecular complexity index is 456. The smallest absolute Gasteiger partial charge is 0.247 e. The Hall–Kier alpha value is -1.97. The summed E-state index contributed by atoms with van der Waals surface area (Å²) < 4.78 is 17.6. The first-order valence-corrected chi connectivity index (χ1v) is 4.46. The number of hydrogen-bond acceptors (Lipinski definition) is 3. The number of aromatic nitrogens is 2. The highest BCUT2D eigenvalue weighted by Gasteiger charge is 2.01. The lowest BCUT2D eigenvalue weighted by molar-refractivity contribution is 0.568. The Balaban J connectivity index is 2.29. The lowest BCUT2D eigenvalue weighted by atomic mass is 10.1. The molecule has 0 spiro atoms. The number of halogens is 1. The lowest BCUT2D eigenvalue weighted by Gasteiger charge is -1.96. The van der Waals surface area contributed by atoms with Crippen molar-refractivity contribution < 1.29 is 8.81 Å². The molecule has 0 aliphatic carbocycles. The van der Waals surface area contributed by atoms with E-state index in [2.05, 4.69) is 10.2 Å². The van der Waals surface area contributed by atoms with E-state index in [4.69, 9.17) is 4.42 Å². The largest absolute Gasteiger partial charge is 0.423 e. The normalized spacial score (nSPS) is 11.7. The van der Waals surface area contributed by atoms with Gasteiger partial charge < -0.3 is 4.42 Å². The molecule has 0 radical (unpaired) electrons. The predicted molar refractivity (Wildman–Crippen MR) is 54.5 cm³/mol. The van der Waals surface area contributed by atoms with Crippen LogP contribution >= 0.6 is 0 Å². The molecule has 1 heterocycles. The number of benzene rings is 1. The molecule has 0 fully saturated rings. The Kier molecular flexibility index (Phi) is 2.58. The van der Waals surface area contributed by atoms with Gasteiger partial charge in [-0.3, -0.25) is 0 Å². The second-order valence-electron chi connectivity index (χ2n) is 3.10. The van der Waals surface area contributed by atoms with Gasteiger partial charge in [0, 0.05) is 5.56 Å². The van der Waals surface area contributed by atoms with E-state index >= 15 is 0 Å². The van der Waals surface area contributed by atoms with Gasteiger partial charge >= 0.3 is 0 Å². The van der Waals surface area contributed by atoms with Gasteiger partial charge in [-0.15, -0.1) is 10.2 Å². The van der Waals surface area contributed by atoms with Crippen LogP contribution in [0.15, 0.2) is 40.9 Å². The summed E-state index contributed by atoms with van der Waals surface area (Å²) in [5.41, 5.74) is 1.62. The van der Waals surface area contributed by atoms with Crippen molar-refractivity contribution in [1.82, 2.24) is 10.2 Å². The molecule has 0 bridgehead atoms. The molecule has 15 heavy (non-hydrogen) atoms. The summed E-state index contributed by atoms with van der Waals surface area (Å²) in [5, 5.41) is 7.35. The molecular weight excluding hydrogens is 195 g/mol. The highest BCUT2D eigenvalue weighted by Crippen LogP contribution is 2.17. The van der Waals surface area contributed by atoms with Crippen LogP contribution in [-0.2, 0) is 0 Å². The van der Waals surface area contributed by atoms with Gasteiger partial charge in [-0.05, 0) is 30.7 Å². The van der Waals surface area contributed by atoms with Gasteiger partial charge in [0.1, 0.15) is 0 Å². The third kappa shape index (κ3) is 2.28. The molecule has 3 nitrogen and oxygen atoms in total. The molecule has 0 aliphatic heterocycles. The molecule has 2 rings (SSSR count). The lowest BCUT2D eigenvalue weighted by Crippen LogP contribution is -1.79. The summed E-state index contributed by atoms with van der Waals surface area (Å²) in [7, 11) is 0. The summed E-state index contributed by atoms with van der Waals surface area (Å²) in [4.78, 5) is 0. The Morgan fingerprint density at radius 3 is 2.60 bits per heavy atom.